The van der Waals surface area contributed by atoms with Crippen molar-refractivity contribution in [2.45, 2.75) is 78.2 Å². The molecule has 4 heteroatoms. The molecule has 0 radical (unpaired) electrons. The van der Waals surface area contributed by atoms with Crippen LogP contribution in [-0.2, 0) is 4.79 Å². The lowest BCUT2D eigenvalue weighted by molar-refractivity contribution is -0.129. The summed E-state index contributed by atoms with van der Waals surface area (Å²) in [5, 5.41) is 3.22. The highest BCUT2D eigenvalue weighted by molar-refractivity contribution is 7.80. The molecule has 1 rings (SSSR count). The molecule has 1 saturated carbocycles. The lowest BCUT2D eigenvalue weighted by atomic mass is 9.78. The fourth-order valence-corrected chi connectivity index (χ4v) is 3.27. The zero-order chi connectivity index (χ0) is 15.2. The number of carbonyl (C=O) groups is 1. The Kier molecular flexibility index (Phi) is 6.93. The molecule has 0 heterocycles. The zero-order valence-electron chi connectivity index (χ0n) is 13.2. The van der Waals surface area contributed by atoms with Gasteiger partial charge in [0.1, 0.15) is 0 Å². The summed E-state index contributed by atoms with van der Waals surface area (Å²) in [7, 11) is 0. The van der Waals surface area contributed by atoms with E-state index in [4.69, 9.17) is 18.0 Å². The predicted octanol–water partition coefficient (Wildman–Crippen LogP) is 3.55. The van der Waals surface area contributed by atoms with Crippen molar-refractivity contribution in [3.05, 3.63) is 0 Å². The smallest absolute Gasteiger partial charge is 0.233 e. The van der Waals surface area contributed by atoms with E-state index in [1.807, 2.05) is 0 Å². The van der Waals surface area contributed by atoms with E-state index in [0.717, 1.165) is 44.4 Å². The van der Waals surface area contributed by atoms with Gasteiger partial charge in [-0.3, -0.25) is 4.79 Å². The van der Waals surface area contributed by atoms with Gasteiger partial charge >= 0.3 is 0 Å². The molecule has 0 aromatic carbocycles. The Morgan fingerprint density at radius 3 is 2.20 bits per heavy atom. The largest absolute Gasteiger partial charge is 0.392 e. The van der Waals surface area contributed by atoms with Crippen LogP contribution in [0, 0.1) is 11.3 Å². The molecule has 0 aromatic heterocycles. The molecular formula is C16H30N2OS. The third-order valence-corrected chi connectivity index (χ3v) is 4.79. The second-order valence-electron chi connectivity index (χ2n) is 6.20. The van der Waals surface area contributed by atoms with Crippen LogP contribution in [0.3, 0.4) is 0 Å². The molecule has 1 fully saturated rings. The van der Waals surface area contributed by atoms with Crippen molar-refractivity contribution in [3.63, 3.8) is 0 Å². The minimum atomic E-state index is -0.643. The zero-order valence-corrected chi connectivity index (χ0v) is 14.0. The number of thiocarbonyl (C=S) groups is 1. The van der Waals surface area contributed by atoms with E-state index in [9.17, 15) is 4.79 Å². The first-order valence-corrected chi connectivity index (χ1v) is 8.51. The molecule has 1 aliphatic rings. The number of hydrogen-bond acceptors (Lipinski definition) is 2. The Balaban J connectivity index is 2.76. The van der Waals surface area contributed by atoms with Crippen LogP contribution in [0.2, 0.25) is 0 Å². The van der Waals surface area contributed by atoms with Gasteiger partial charge in [-0.2, -0.15) is 0 Å². The van der Waals surface area contributed by atoms with Gasteiger partial charge in [-0.15, -0.1) is 0 Å². The lowest BCUT2D eigenvalue weighted by Crippen LogP contribution is -2.51. The van der Waals surface area contributed by atoms with Crippen LogP contribution in [0.15, 0.2) is 0 Å². The molecule has 1 unspecified atom stereocenters. The van der Waals surface area contributed by atoms with Crippen LogP contribution in [0.1, 0.15) is 72.1 Å². The van der Waals surface area contributed by atoms with Crippen molar-refractivity contribution in [3.8, 4) is 0 Å². The molecular weight excluding hydrogens is 268 g/mol. The standard InChI is InChI=1S/C16H30N2OS/c1-4-9-16(10-5-2,14(17)20)15(19)18-13(6-3)11-12-7-8-12/h12-13H,4-11H2,1-3H3,(H2,17,20)(H,18,19). The minimum Gasteiger partial charge on any atom is -0.392 e. The van der Waals surface area contributed by atoms with Crippen molar-refractivity contribution in [2.24, 2.45) is 17.1 Å². The average molecular weight is 298 g/mol. The molecule has 0 aromatic rings. The van der Waals surface area contributed by atoms with Gasteiger partial charge in [-0.05, 0) is 31.6 Å². The molecule has 0 saturated heterocycles. The quantitative estimate of drug-likeness (QED) is 0.606. The molecule has 3 N–H and O–H groups in total. The predicted molar refractivity (Wildman–Crippen MR) is 88.6 cm³/mol. The minimum absolute atomic E-state index is 0.0567. The van der Waals surface area contributed by atoms with Gasteiger partial charge in [0.25, 0.3) is 0 Å². The van der Waals surface area contributed by atoms with Crippen LogP contribution in [-0.4, -0.2) is 16.9 Å². The van der Waals surface area contributed by atoms with Crippen molar-refractivity contribution >= 4 is 23.1 Å². The van der Waals surface area contributed by atoms with E-state index < -0.39 is 5.41 Å². The summed E-state index contributed by atoms with van der Waals surface area (Å²) in [6.45, 7) is 6.30. The monoisotopic (exact) mass is 298 g/mol. The highest BCUT2D eigenvalue weighted by Crippen LogP contribution is 2.35. The summed E-state index contributed by atoms with van der Waals surface area (Å²) in [6.07, 6.45) is 8.06. The number of nitrogens with one attached hydrogen (secondary N) is 1. The number of hydrogen-bond donors (Lipinski definition) is 2. The molecule has 1 aliphatic carbocycles. The summed E-state index contributed by atoms with van der Waals surface area (Å²) in [6, 6.07) is 0.275. The third kappa shape index (κ3) is 4.44. The molecule has 0 spiro atoms. The van der Waals surface area contributed by atoms with Crippen LogP contribution < -0.4 is 11.1 Å². The van der Waals surface area contributed by atoms with Gasteiger partial charge < -0.3 is 11.1 Å². The maximum atomic E-state index is 12.8. The van der Waals surface area contributed by atoms with E-state index in [-0.39, 0.29) is 11.9 Å². The van der Waals surface area contributed by atoms with Crippen LogP contribution in [0.5, 0.6) is 0 Å². The number of carbonyl (C=O) groups excluding carboxylic acids is 1. The van der Waals surface area contributed by atoms with E-state index in [1.54, 1.807) is 0 Å². The molecule has 3 nitrogen and oxygen atoms in total. The number of amides is 1. The van der Waals surface area contributed by atoms with Gasteiger partial charge in [0.15, 0.2) is 0 Å². The summed E-state index contributed by atoms with van der Waals surface area (Å²) in [5.41, 5.74) is 5.30. The summed E-state index contributed by atoms with van der Waals surface area (Å²) >= 11 is 5.24. The number of rotatable bonds is 10. The van der Waals surface area contributed by atoms with Gasteiger partial charge in [-0.1, -0.05) is 58.7 Å². The Morgan fingerprint density at radius 2 is 1.85 bits per heavy atom. The first kappa shape index (κ1) is 17.4. The first-order chi connectivity index (χ1) is 9.50. The van der Waals surface area contributed by atoms with Gasteiger partial charge in [-0.25, -0.2) is 0 Å². The topological polar surface area (TPSA) is 55.1 Å². The van der Waals surface area contributed by atoms with Crippen molar-refractivity contribution in [1.82, 2.24) is 5.32 Å². The Labute approximate surface area is 129 Å². The molecule has 116 valence electrons. The van der Waals surface area contributed by atoms with Crippen LogP contribution in [0.25, 0.3) is 0 Å². The van der Waals surface area contributed by atoms with E-state index in [0.29, 0.717) is 4.99 Å². The van der Waals surface area contributed by atoms with Crippen LogP contribution >= 0.6 is 12.2 Å². The molecule has 1 amide bonds. The molecule has 1 atom stereocenters. The maximum absolute atomic E-state index is 12.8. The fraction of sp³-hybridized carbons (Fsp3) is 0.875. The van der Waals surface area contributed by atoms with Crippen molar-refractivity contribution in [2.75, 3.05) is 0 Å². The SMILES string of the molecule is CCCC(CCC)(C(=O)NC(CC)CC1CC1)C(N)=S. The van der Waals surface area contributed by atoms with Gasteiger partial charge in [0.05, 0.1) is 10.4 Å². The van der Waals surface area contributed by atoms with Crippen molar-refractivity contribution < 1.29 is 4.79 Å². The third-order valence-electron chi connectivity index (χ3n) is 4.40. The Morgan fingerprint density at radius 1 is 1.30 bits per heavy atom. The lowest BCUT2D eigenvalue weighted by Gasteiger charge is -2.33. The summed E-state index contributed by atoms with van der Waals surface area (Å²) < 4.78 is 0. The molecule has 0 bridgehead atoms. The average Bonchev–Trinajstić information content (AvgIpc) is 3.20. The highest BCUT2D eigenvalue weighted by atomic mass is 32.1. The van der Waals surface area contributed by atoms with E-state index >= 15 is 0 Å². The second-order valence-corrected chi connectivity index (χ2v) is 6.64. The van der Waals surface area contributed by atoms with Gasteiger partial charge in [0, 0.05) is 6.04 Å². The summed E-state index contributed by atoms with van der Waals surface area (Å²) in [5.74, 6) is 0.873. The molecule has 20 heavy (non-hydrogen) atoms. The maximum Gasteiger partial charge on any atom is 0.233 e. The van der Waals surface area contributed by atoms with E-state index in [2.05, 4.69) is 26.1 Å². The normalized spacial score (nSPS) is 16.8. The Hall–Kier alpha value is -0.640. The highest BCUT2D eigenvalue weighted by Gasteiger charge is 2.40. The van der Waals surface area contributed by atoms with E-state index in [1.165, 1.54) is 12.8 Å². The van der Waals surface area contributed by atoms with Crippen LogP contribution in [0.4, 0.5) is 0 Å². The fourth-order valence-electron chi connectivity index (χ4n) is 2.97. The number of nitrogens with two attached hydrogens (primary N) is 1. The Bertz CT molecular complexity index is 333. The van der Waals surface area contributed by atoms with Crippen molar-refractivity contribution in [1.29, 1.82) is 0 Å². The molecule has 0 aliphatic heterocycles. The second kappa shape index (κ2) is 7.96. The summed E-state index contributed by atoms with van der Waals surface area (Å²) in [4.78, 5) is 13.1. The van der Waals surface area contributed by atoms with Gasteiger partial charge in [0.2, 0.25) is 5.91 Å². The first-order valence-electron chi connectivity index (χ1n) is 8.11.